The Labute approximate surface area is 108 Å². The molecule has 0 saturated heterocycles. The van der Waals surface area contributed by atoms with Crippen LogP contribution in [0.2, 0.25) is 0 Å². The lowest BCUT2D eigenvalue weighted by molar-refractivity contribution is -0.143. The van der Waals surface area contributed by atoms with Crippen molar-refractivity contribution in [3.63, 3.8) is 0 Å². The van der Waals surface area contributed by atoms with E-state index >= 15 is 0 Å². The van der Waals surface area contributed by atoms with E-state index in [1.165, 1.54) is 0 Å². The summed E-state index contributed by atoms with van der Waals surface area (Å²) in [5, 5.41) is 17.4. The summed E-state index contributed by atoms with van der Waals surface area (Å²) < 4.78 is 13.2. The van der Waals surface area contributed by atoms with E-state index in [9.17, 15) is 14.0 Å². The van der Waals surface area contributed by atoms with Crippen LogP contribution < -0.4 is 5.32 Å². The molecule has 3 rings (SSSR count). The van der Waals surface area contributed by atoms with Crippen molar-refractivity contribution in [1.29, 1.82) is 0 Å². The van der Waals surface area contributed by atoms with Crippen molar-refractivity contribution < 1.29 is 19.1 Å². The second-order valence-corrected chi connectivity index (χ2v) is 5.35. The van der Waals surface area contributed by atoms with Gasteiger partial charge in [0.15, 0.2) is 0 Å². The number of aliphatic carboxylic acids is 1. The number of nitrogens with zero attached hydrogens (tertiary/aromatic N) is 1. The number of hydrogen-bond acceptors (Lipinski definition) is 3. The highest BCUT2D eigenvalue weighted by molar-refractivity contribution is 5.94. The number of halogens is 1. The van der Waals surface area contributed by atoms with E-state index in [1.54, 1.807) is 0 Å². The molecule has 19 heavy (non-hydrogen) atoms. The van der Waals surface area contributed by atoms with Gasteiger partial charge in [-0.25, -0.2) is 0 Å². The molecule has 2 aliphatic carbocycles. The van der Waals surface area contributed by atoms with Gasteiger partial charge in [-0.3, -0.25) is 14.7 Å². The maximum absolute atomic E-state index is 13.2. The number of fused-ring (bicyclic) bond motifs is 2. The fourth-order valence-electron chi connectivity index (χ4n) is 3.43. The number of aromatic amines is 1. The lowest BCUT2D eigenvalue weighted by Gasteiger charge is -2.26. The third kappa shape index (κ3) is 1.98. The van der Waals surface area contributed by atoms with Gasteiger partial charge in [0.2, 0.25) is 5.95 Å². The van der Waals surface area contributed by atoms with E-state index in [-0.39, 0.29) is 29.4 Å². The summed E-state index contributed by atoms with van der Waals surface area (Å²) in [6.07, 6.45) is 3.24. The number of carboxylic acid groups (broad SMARTS) is 1. The minimum Gasteiger partial charge on any atom is -0.481 e. The van der Waals surface area contributed by atoms with Crippen molar-refractivity contribution in [2.24, 2.45) is 17.8 Å². The van der Waals surface area contributed by atoms with Crippen molar-refractivity contribution in [3.8, 4) is 0 Å². The van der Waals surface area contributed by atoms with Gasteiger partial charge in [0.1, 0.15) is 5.56 Å². The molecule has 1 amide bonds. The second kappa shape index (κ2) is 4.32. The number of carbonyl (C=O) groups excluding carboxylic acids is 1. The molecule has 1 aromatic heterocycles. The summed E-state index contributed by atoms with van der Waals surface area (Å²) in [4.78, 5) is 22.8. The first-order valence-corrected chi connectivity index (χ1v) is 6.28. The number of nitrogens with one attached hydrogen (secondary N) is 2. The third-order valence-corrected chi connectivity index (χ3v) is 4.33. The van der Waals surface area contributed by atoms with Crippen LogP contribution in [0, 0.1) is 23.7 Å². The van der Waals surface area contributed by atoms with Crippen LogP contribution in [0.25, 0.3) is 0 Å². The molecule has 0 aromatic carbocycles. The second-order valence-electron chi connectivity index (χ2n) is 5.35. The average Bonchev–Trinajstić information content (AvgIpc) is 3.02. The molecule has 0 aliphatic heterocycles. The molecular formula is C12H14FN3O3. The highest BCUT2D eigenvalue weighted by Gasteiger charge is 2.49. The Kier molecular flexibility index (Phi) is 2.76. The molecule has 0 unspecified atom stereocenters. The molecular weight excluding hydrogens is 253 g/mol. The summed E-state index contributed by atoms with van der Waals surface area (Å²) in [7, 11) is 0. The van der Waals surface area contributed by atoms with Crippen LogP contribution in [-0.2, 0) is 4.79 Å². The molecule has 2 saturated carbocycles. The standard InChI is InChI=1S/C12H14FN3O3/c13-10-8(4-14-16-10)11(17)15-9-3-5-1-6(9)2-7(5)12(18)19/h4-7,9H,1-3H2,(H,14,16)(H,15,17)(H,18,19)/t5-,6-,7-,9-/m1/s1. The summed E-state index contributed by atoms with van der Waals surface area (Å²) in [5.41, 5.74) is -0.0995. The Morgan fingerprint density at radius 1 is 1.37 bits per heavy atom. The van der Waals surface area contributed by atoms with Gasteiger partial charge < -0.3 is 10.4 Å². The number of H-pyrrole nitrogens is 1. The fourth-order valence-corrected chi connectivity index (χ4v) is 3.43. The molecule has 0 spiro atoms. The molecule has 2 fully saturated rings. The number of rotatable bonds is 3. The highest BCUT2D eigenvalue weighted by Crippen LogP contribution is 2.48. The minimum absolute atomic E-state index is 0.0533. The Morgan fingerprint density at radius 2 is 2.16 bits per heavy atom. The molecule has 102 valence electrons. The molecule has 3 N–H and O–H groups in total. The van der Waals surface area contributed by atoms with Crippen LogP contribution in [0.1, 0.15) is 29.6 Å². The third-order valence-electron chi connectivity index (χ3n) is 4.33. The van der Waals surface area contributed by atoms with E-state index in [4.69, 9.17) is 5.11 Å². The molecule has 7 heteroatoms. The molecule has 2 aliphatic rings. The zero-order chi connectivity index (χ0) is 13.6. The van der Waals surface area contributed by atoms with E-state index in [1.807, 2.05) is 0 Å². The van der Waals surface area contributed by atoms with Gasteiger partial charge in [-0.15, -0.1) is 0 Å². The topological polar surface area (TPSA) is 95.1 Å². The SMILES string of the molecule is O=C(N[C@@H]1C[C@H]2C[C@@H]1C[C@H]2C(=O)O)c1cn[nH]c1F. The summed E-state index contributed by atoms with van der Waals surface area (Å²) in [6.45, 7) is 0. The quantitative estimate of drug-likeness (QED) is 0.754. The van der Waals surface area contributed by atoms with Gasteiger partial charge in [-0.1, -0.05) is 0 Å². The molecule has 2 bridgehead atoms. The van der Waals surface area contributed by atoms with Crippen LogP contribution in [0.5, 0.6) is 0 Å². The highest BCUT2D eigenvalue weighted by atomic mass is 19.1. The summed E-state index contributed by atoms with van der Waals surface area (Å²) in [5.74, 6) is -1.96. The summed E-state index contributed by atoms with van der Waals surface area (Å²) in [6, 6.07) is -0.0533. The number of hydrogen-bond donors (Lipinski definition) is 3. The fraction of sp³-hybridized carbons (Fsp3) is 0.583. The van der Waals surface area contributed by atoms with Gasteiger partial charge in [-0.05, 0) is 31.1 Å². The largest absolute Gasteiger partial charge is 0.481 e. The molecule has 0 radical (unpaired) electrons. The van der Waals surface area contributed by atoms with Gasteiger partial charge in [0.05, 0.1) is 12.1 Å². The van der Waals surface area contributed by atoms with Crippen molar-refractivity contribution in [2.45, 2.75) is 25.3 Å². The van der Waals surface area contributed by atoms with E-state index in [0.29, 0.717) is 12.8 Å². The van der Waals surface area contributed by atoms with Crippen molar-refractivity contribution in [1.82, 2.24) is 15.5 Å². The van der Waals surface area contributed by atoms with Crippen molar-refractivity contribution >= 4 is 11.9 Å². The van der Waals surface area contributed by atoms with Crippen molar-refractivity contribution in [3.05, 3.63) is 17.7 Å². The van der Waals surface area contributed by atoms with Crippen LogP contribution in [0.4, 0.5) is 4.39 Å². The normalized spacial score (nSPS) is 32.5. The maximum atomic E-state index is 13.2. The number of amides is 1. The molecule has 6 nitrogen and oxygen atoms in total. The van der Waals surface area contributed by atoms with Crippen molar-refractivity contribution in [2.75, 3.05) is 0 Å². The first-order valence-electron chi connectivity index (χ1n) is 6.28. The van der Waals surface area contributed by atoms with Crippen LogP contribution in [0.15, 0.2) is 6.20 Å². The lowest BCUT2D eigenvalue weighted by atomic mass is 9.86. The van der Waals surface area contributed by atoms with E-state index in [2.05, 4.69) is 15.5 Å². The molecule has 1 heterocycles. The number of carboxylic acids is 1. The van der Waals surface area contributed by atoms with Crippen LogP contribution >= 0.6 is 0 Å². The zero-order valence-electron chi connectivity index (χ0n) is 10.1. The maximum Gasteiger partial charge on any atom is 0.306 e. The monoisotopic (exact) mass is 267 g/mol. The first kappa shape index (κ1) is 12.1. The van der Waals surface area contributed by atoms with Gasteiger partial charge in [-0.2, -0.15) is 9.49 Å². The number of aromatic nitrogens is 2. The predicted molar refractivity (Wildman–Crippen MR) is 61.8 cm³/mol. The Hall–Kier alpha value is -1.92. The first-order chi connectivity index (χ1) is 9.06. The van der Waals surface area contributed by atoms with E-state index < -0.39 is 17.8 Å². The van der Waals surface area contributed by atoms with Gasteiger partial charge >= 0.3 is 5.97 Å². The van der Waals surface area contributed by atoms with Crippen LogP contribution in [0.3, 0.4) is 0 Å². The average molecular weight is 267 g/mol. The minimum atomic E-state index is -0.752. The van der Waals surface area contributed by atoms with E-state index in [0.717, 1.165) is 12.6 Å². The summed E-state index contributed by atoms with van der Waals surface area (Å²) >= 11 is 0. The molecule has 4 atom stereocenters. The van der Waals surface area contributed by atoms with Gasteiger partial charge in [0, 0.05) is 6.04 Å². The Morgan fingerprint density at radius 3 is 2.68 bits per heavy atom. The smallest absolute Gasteiger partial charge is 0.306 e. The van der Waals surface area contributed by atoms with Crippen LogP contribution in [-0.4, -0.2) is 33.2 Å². The number of carbonyl (C=O) groups is 2. The Bertz CT molecular complexity index is 530. The zero-order valence-corrected chi connectivity index (χ0v) is 10.1. The van der Waals surface area contributed by atoms with Gasteiger partial charge in [0.25, 0.3) is 5.91 Å². The Balaban J connectivity index is 1.64. The predicted octanol–water partition coefficient (Wildman–Crippen LogP) is 0.778. The lowest BCUT2D eigenvalue weighted by Crippen LogP contribution is -2.40. The molecule has 1 aromatic rings.